The summed E-state index contributed by atoms with van der Waals surface area (Å²) >= 11 is 0. The quantitative estimate of drug-likeness (QED) is 0.358. The van der Waals surface area contributed by atoms with Crippen molar-refractivity contribution >= 4 is 32.3 Å². The topological polar surface area (TPSA) is 101 Å². The van der Waals surface area contributed by atoms with Gasteiger partial charge in [-0.2, -0.15) is 0 Å². The first-order chi connectivity index (χ1) is 19.8. The number of halogens is 2. The van der Waals surface area contributed by atoms with Crippen LogP contribution in [-0.4, -0.2) is 56.2 Å². The van der Waals surface area contributed by atoms with E-state index in [4.69, 9.17) is 9.72 Å². The largest absolute Gasteiger partial charge is 0.376 e. The van der Waals surface area contributed by atoms with Crippen molar-refractivity contribution < 1.29 is 26.7 Å². The third kappa shape index (κ3) is 5.64. The first-order valence-corrected chi connectivity index (χ1v) is 15.1. The lowest BCUT2D eigenvalue weighted by molar-refractivity contribution is 0.0950. The molecule has 0 fully saturated rings. The van der Waals surface area contributed by atoms with Crippen molar-refractivity contribution in [2.45, 2.75) is 37.3 Å². The number of benzene rings is 2. The summed E-state index contributed by atoms with van der Waals surface area (Å²) in [5.41, 5.74) is 5.56. The Morgan fingerprint density at radius 3 is 2.85 bits per heavy atom. The highest BCUT2D eigenvalue weighted by Crippen LogP contribution is 2.35. The minimum Gasteiger partial charge on any atom is -0.376 e. The van der Waals surface area contributed by atoms with E-state index in [9.17, 15) is 22.0 Å². The number of carbonyl (C=O) groups excluding carboxylic acids is 1. The van der Waals surface area contributed by atoms with Crippen molar-refractivity contribution in [1.82, 2.24) is 15.3 Å². The summed E-state index contributed by atoms with van der Waals surface area (Å²) in [4.78, 5) is 24.1. The molecule has 0 spiro atoms. The maximum atomic E-state index is 13.2. The molecule has 2 aliphatic rings. The lowest BCUT2D eigenvalue weighted by Gasteiger charge is -2.32. The molecule has 4 aromatic rings. The zero-order valence-electron chi connectivity index (χ0n) is 22.1. The highest BCUT2D eigenvalue weighted by atomic mass is 32.2. The van der Waals surface area contributed by atoms with E-state index < -0.39 is 22.2 Å². The smallest absolute Gasteiger partial charge is 0.255 e. The second-order valence-electron chi connectivity index (χ2n) is 10.2. The van der Waals surface area contributed by atoms with Gasteiger partial charge >= 0.3 is 0 Å². The highest BCUT2D eigenvalue weighted by molar-refractivity contribution is 7.91. The first kappa shape index (κ1) is 27.2. The first-order valence-electron chi connectivity index (χ1n) is 13.4. The fourth-order valence-electron chi connectivity index (χ4n) is 5.44. The number of aromatic nitrogens is 2. The van der Waals surface area contributed by atoms with Crippen molar-refractivity contribution in [3.8, 4) is 11.3 Å². The minimum atomic E-state index is -3.53. The van der Waals surface area contributed by atoms with E-state index in [1.807, 2.05) is 30.3 Å². The van der Waals surface area contributed by atoms with E-state index in [1.54, 1.807) is 29.3 Å². The van der Waals surface area contributed by atoms with Crippen LogP contribution < -0.4 is 10.2 Å². The molecule has 0 atom stereocenters. The van der Waals surface area contributed by atoms with E-state index in [2.05, 4.69) is 10.3 Å². The molecule has 1 N–H and O–H groups in total. The molecule has 0 unspecified atom stereocenters. The molecule has 0 radical (unpaired) electrons. The number of fused-ring (bicyclic) bond motifs is 3. The molecule has 41 heavy (non-hydrogen) atoms. The molecule has 11 heteroatoms. The fraction of sp³-hybridized carbons (Fsp3) is 0.300. The Kier molecular flexibility index (Phi) is 7.39. The average Bonchev–Trinajstić information content (AvgIpc) is 3.12. The Labute approximate surface area is 236 Å². The van der Waals surface area contributed by atoms with Gasteiger partial charge in [0.25, 0.3) is 12.3 Å². The van der Waals surface area contributed by atoms with Crippen LogP contribution in [0.2, 0.25) is 0 Å². The van der Waals surface area contributed by atoms with Gasteiger partial charge in [-0.3, -0.25) is 9.78 Å². The van der Waals surface area contributed by atoms with Crippen LogP contribution in [0, 0.1) is 0 Å². The van der Waals surface area contributed by atoms with Crippen LogP contribution >= 0.6 is 0 Å². The molecular formula is C30H28F2N4O4S. The number of amides is 1. The Morgan fingerprint density at radius 1 is 1.12 bits per heavy atom. The van der Waals surface area contributed by atoms with Gasteiger partial charge in [0.05, 0.1) is 53.9 Å². The number of rotatable bonds is 6. The number of sulfone groups is 1. The number of hydrogen-bond donors (Lipinski definition) is 1. The number of nitrogens with one attached hydrogen (secondary N) is 1. The third-order valence-electron chi connectivity index (χ3n) is 7.46. The van der Waals surface area contributed by atoms with Crippen molar-refractivity contribution in [3.63, 3.8) is 0 Å². The predicted octanol–water partition coefficient (Wildman–Crippen LogP) is 4.55. The molecule has 2 aromatic heterocycles. The molecule has 0 bridgehead atoms. The monoisotopic (exact) mass is 578 g/mol. The second-order valence-corrected chi connectivity index (χ2v) is 12.3. The molecule has 212 valence electrons. The zero-order valence-corrected chi connectivity index (χ0v) is 23.0. The summed E-state index contributed by atoms with van der Waals surface area (Å²) in [5.74, 6) is -0.540. The molecule has 0 aliphatic carbocycles. The van der Waals surface area contributed by atoms with Crippen molar-refractivity contribution in [3.05, 3.63) is 83.2 Å². The molecule has 0 saturated heterocycles. The van der Waals surface area contributed by atoms with Crippen LogP contribution in [0.4, 0.5) is 14.5 Å². The average molecular weight is 579 g/mol. The molecule has 6 rings (SSSR count). The fourth-order valence-corrected chi connectivity index (χ4v) is 6.83. The lowest BCUT2D eigenvalue weighted by Crippen LogP contribution is -2.33. The van der Waals surface area contributed by atoms with E-state index in [0.717, 1.165) is 40.7 Å². The summed E-state index contributed by atoms with van der Waals surface area (Å²) < 4.78 is 56.8. The lowest BCUT2D eigenvalue weighted by atomic mass is 9.94. The molecule has 8 nitrogen and oxygen atoms in total. The summed E-state index contributed by atoms with van der Waals surface area (Å²) in [6.07, 6.45) is 0.861. The number of hydrogen-bond acceptors (Lipinski definition) is 7. The maximum Gasteiger partial charge on any atom is 0.255 e. The number of alkyl halides is 2. The van der Waals surface area contributed by atoms with E-state index in [-0.39, 0.29) is 42.5 Å². The van der Waals surface area contributed by atoms with Crippen molar-refractivity contribution in [2.24, 2.45) is 0 Å². The van der Waals surface area contributed by atoms with Gasteiger partial charge in [-0.1, -0.05) is 18.2 Å². The van der Waals surface area contributed by atoms with Gasteiger partial charge in [0, 0.05) is 34.9 Å². The van der Waals surface area contributed by atoms with Gasteiger partial charge < -0.3 is 15.0 Å². The molecule has 0 saturated carbocycles. The van der Waals surface area contributed by atoms with Gasteiger partial charge in [-0.15, -0.1) is 0 Å². The van der Waals surface area contributed by atoms with Gasteiger partial charge in [0.15, 0.2) is 9.84 Å². The van der Waals surface area contributed by atoms with E-state index >= 15 is 0 Å². The molecule has 4 heterocycles. The Hall–Kier alpha value is -3.96. The van der Waals surface area contributed by atoms with Crippen LogP contribution in [0.1, 0.15) is 33.6 Å². The summed E-state index contributed by atoms with van der Waals surface area (Å²) in [6.45, 7) is 0.732. The van der Waals surface area contributed by atoms with E-state index in [0.29, 0.717) is 23.3 Å². The normalized spacial score (nSPS) is 16.2. The summed E-state index contributed by atoms with van der Waals surface area (Å²) in [5, 5.41) is 3.64. The van der Waals surface area contributed by atoms with Crippen LogP contribution in [0.25, 0.3) is 22.2 Å². The van der Waals surface area contributed by atoms with Crippen LogP contribution in [0.3, 0.4) is 0 Å². The molecule has 2 aliphatic heterocycles. The van der Waals surface area contributed by atoms with Gasteiger partial charge in [-0.25, -0.2) is 22.2 Å². The third-order valence-corrected chi connectivity index (χ3v) is 9.21. The Balaban J connectivity index is 1.23. The van der Waals surface area contributed by atoms with Gasteiger partial charge in [0.1, 0.15) is 0 Å². The Morgan fingerprint density at radius 2 is 2.00 bits per heavy atom. The number of pyridine rings is 2. The second kappa shape index (κ2) is 11.1. The number of carbonyl (C=O) groups is 1. The Bertz CT molecular complexity index is 1750. The van der Waals surface area contributed by atoms with E-state index in [1.165, 1.54) is 6.07 Å². The summed E-state index contributed by atoms with van der Waals surface area (Å²) in [6, 6.07) is 16.0. The van der Waals surface area contributed by atoms with Gasteiger partial charge in [-0.05, 0) is 60.4 Å². The van der Waals surface area contributed by atoms with Crippen molar-refractivity contribution in [2.75, 3.05) is 30.3 Å². The molecule has 2 aromatic carbocycles. The summed E-state index contributed by atoms with van der Waals surface area (Å²) in [7, 11) is -3.53. The molecule has 1 amide bonds. The van der Waals surface area contributed by atoms with Crippen LogP contribution in [0.15, 0.2) is 65.7 Å². The van der Waals surface area contributed by atoms with Crippen LogP contribution in [0.5, 0.6) is 0 Å². The predicted molar refractivity (Wildman–Crippen MR) is 151 cm³/mol. The number of nitrogens with zero attached hydrogens (tertiary/aromatic N) is 3. The molecular weight excluding hydrogens is 550 g/mol. The van der Waals surface area contributed by atoms with Gasteiger partial charge in [0.2, 0.25) is 0 Å². The number of ether oxygens (including phenoxy) is 1. The van der Waals surface area contributed by atoms with Crippen LogP contribution in [-0.2, 0) is 34.1 Å². The SMILES string of the molecule is O=C(NCc1cc2nc(-c3cccc4c3CCCN4CC(F)F)ccc2cn1)c1ccc2c(c1)S(=O)(=O)CCOC2. The van der Waals surface area contributed by atoms with Crippen molar-refractivity contribution in [1.29, 1.82) is 0 Å². The zero-order chi connectivity index (χ0) is 28.6. The highest BCUT2D eigenvalue weighted by Gasteiger charge is 2.24. The maximum absolute atomic E-state index is 13.2. The standard InChI is InChI=1S/C30H28F2N4O4S/c31-29(32)17-36-10-2-4-24-23(3-1-5-27(24)36)25-9-8-20-15-33-22(14-26(20)35-25)16-34-30(37)19-6-7-21-18-40-11-12-41(38,39)28(21)13-19/h1,3,5-9,13-15,29H,2,4,10-12,16-18H2,(H,34,37). The minimum absolute atomic E-state index is 0.117. The number of anilines is 1.